The molecule has 0 spiro atoms. The van der Waals surface area contributed by atoms with Crippen LogP contribution in [0, 0.1) is 0 Å². The Morgan fingerprint density at radius 1 is 1.28 bits per heavy atom. The molecule has 0 aliphatic carbocycles. The Hall–Kier alpha value is -1.65. The third kappa shape index (κ3) is 2.60. The van der Waals surface area contributed by atoms with E-state index in [0.717, 1.165) is 12.0 Å². The van der Waals surface area contributed by atoms with Crippen LogP contribution in [0.4, 0.5) is 0 Å². The van der Waals surface area contributed by atoms with Crippen LogP contribution >= 0.6 is 0 Å². The summed E-state index contributed by atoms with van der Waals surface area (Å²) in [6, 6.07) is 10.5. The number of hydrazine groups is 1. The van der Waals surface area contributed by atoms with Crippen molar-refractivity contribution in [1.29, 1.82) is 0 Å². The van der Waals surface area contributed by atoms with Gasteiger partial charge in [-0.2, -0.15) is 5.10 Å². The van der Waals surface area contributed by atoms with Crippen molar-refractivity contribution in [2.45, 2.75) is 25.3 Å². The van der Waals surface area contributed by atoms with E-state index in [1.807, 2.05) is 25.5 Å². The number of aryl methyl sites for hydroxylation is 1. The van der Waals surface area contributed by atoms with Crippen molar-refractivity contribution in [3.63, 3.8) is 0 Å². The molecule has 1 heterocycles. The van der Waals surface area contributed by atoms with Crippen molar-refractivity contribution in [1.82, 2.24) is 15.2 Å². The molecule has 1 aromatic carbocycles. The molecule has 0 saturated carbocycles. The summed E-state index contributed by atoms with van der Waals surface area (Å²) < 4.78 is 1.80. The molecule has 2 atom stereocenters. The lowest BCUT2D eigenvalue weighted by atomic mass is 9.86. The van der Waals surface area contributed by atoms with Crippen molar-refractivity contribution >= 4 is 0 Å². The third-order valence-electron chi connectivity index (χ3n) is 3.33. The van der Waals surface area contributed by atoms with Crippen LogP contribution in [0.2, 0.25) is 0 Å². The average molecular weight is 244 g/mol. The van der Waals surface area contributed by atoms with Crippen LogP contribution < -0.4 is 11.3 Å². The van der Waals surface area contributed by atoms with Gasteiger partial charge in [0.15, 0.2) is 0 Å². The highest BCUT2D eigenvalue weighted by atomic mass is 15.3. The second-order valence-electron chi connectivity index (χ2n) is 4.52. The molecule has 2 aromatic rings. The van der Waals surface area contributed by atoms with Crippen LogP contribution in [0.15, 0.2) is 42.7 Å². The van der Waals surface area contributed by atoms with Gasteiger partial charge in [0, 0.05) is 24.7 Å². The van der Waals surface area contributed by atoms with Gasteiger partial charge >= 0.3 is 0 Å². The van der Waals surface area contributed by atoms with Gasteiger partial charge in [-0.1, -0.05) is 37.3 Å². The maximum absolute atomic E-state index is 5.74. The van der Waals surface area contributed by atoms with Crippen molar-refractivity contribution in [3.05, 3.63) is 53.9 Å². The van der Waals surface area contributed by atoms with Crippen LogP contribution in [-0.4, -0.2) is 9.78 Å². The van der Waals surface area contributed by atoms with Crippen LogP contribution in [0.25, 0.3) is 0 Å². The summed E-state index contributed by atoms with van der Waals surface area (Å²) in [5.74, 6) is 6.09. The van der Waals surface area contributed by atoms with Gasteiger partial charge in [0.25, 0.3) is 0 Å². The first kappa shape index (κ1) is 12.8. The van der Waals surface area contributed by atoms with Crippen molar-refractivity contribution in [2.75, 3.05) is 0 Å². The number of hydrogen-bond donors (Lipinski definition) is 2. The van der Waals surface area contributed by atoms with E-state index in [2.05, 4.69) is 41.7 Å². The molecule has 0 fully saturated rings. The van der Waals surface area contributed by atoms with Gasteiger partial charge in [-0.25, -0.2) is 0 Å². The van der Waals surface area contributed by atoms with Gasteiger partial charge in [0.1, 0.15) is 0 Å². The maximum Gasteiger partial charge on any atom is 0.0559 e. The molecule has 4 heteroatoms. The van der Waals surface area contributed by atoms with E-state index in [4.69, 9.17) is 5.84 Å². The number of aromatic nitrogens is 2. The number of nitrogens with two attached hydrogens (primary N) is 1. The quantitative estimate of drug-likeness (QED) is 0.625. The summed E-state index contributed by atoms with van der Waals surface area (Å²) >= 11 is 0. The summed E-state index contributed by atoms with van der Waals surface area (Å²) in [6.07, 6.45) is 4.90. The van der Waals surface area contributed by atoms with Crippen LogP contribution in [0.3, 0.4) is 0 Å². The van der Waals surface area contributed by atoms with Gasteiger partial charge in [0.05, 0.1) is 12.2 Å². The van der Waals surface area contributed by atoms with E-state index in [9.17, 15) is 0 Å². The Labute approximate surface area is 108 Å². The summed E-state index contributed by atoms with van der Waals surface area (Å²) in [5, 5.41) is 4.22. The minimum absolute atomic E-state index is 0.0890. The highest BCUT2D eigenvalue weighted by Crippen LogP contribution is 2.32. The molecule has 0 saturated heterocycles. The van der Waals surface area contributed by atoms with E-state index in [0.29, 0.717) is 5.92 Å². The Kier molecular flexibility index (Phi) is 4.12. The fraction of sp³-hybridized carbons (Fsp3) is 0.357. The normalized spacial score (nSPS) is 14.4. The first-order chi connectivity index (χ1) is 8.76. The zero-order valence-electron chi connectivity index (χ0n) is 10.9. The topological polar surface area (TPSA) is 55.9 Å². The Morgan fingerprint density at radius 2 is 2.00 bits per heavy atom. The van der Waals surface area contributed by atoms with E-state index in [-0.39, 0.29) is 6.04 Å². The molecule has 0 bridgehead atoms. The molecular weight excluding hydrogens is 224 g/mol. The van der Waals surface area contributed by atoms with Crippen LogP contribution in [0.5, 0.6) is 0 Å². The fourth-order valence-corrected chi connectivity index (χ4v) is 2.41. The van der Waals surface area contributed by atoms with Gasteiger partial charge in [0.2, 0.25) is 0 Å². The standard InChI is InChI=1S/C14H20N4/c1-3-13(11-7-5-4-6-8-11)14(17-15)12-9-16-18(2)10-12/h4-10,13-14,17H,3,15H2,1-2H3. The van der Waals surface area contributed by atoms with E-state index >= 15 is 0 Å². The molecule has 0 amide bonds. The summed E-state index contributed by atoms with van der Waals surface area (Å²) in [5.41, 5.74) is 5.35. The Balaban J connectivity index is 2.30. The second-order valence-corrected chi connectivity index (χ2v) is 4.52. The van der Waals surface area contributed by atoms with Crippen molar-refractivity contribution < 1.29 is 0 Å². The largest absolute Gasteiger partial charge is 0.275 e. The van der Waals surface area contributed by atoms with Gasteiger partial charge in [-0.05, 0) is 12.0 Å². The predicted octanol–water partition coefficient (Wildman–Crippen LogP) is 2.12. The monoisotopic (exact) mass is 244 g/mol. The minimum Gasteiger partial charge on any atom is -0.275 e. The van der Waals surface area contributed by atoms with Crippen molar-refractivity contribution in [2.24, 2.45) is 12.9 Å². The lowest BCUT2D eigenvalue weighted by Crippen LogP contribution is -2.32. The Morgan fingerprint density at radius 3 is 2.50 bits per heavy atom. The molecule has 18 heavy (non-hydrogen) atoms. The number of nitrogens with zero attached hydrogens (tertiary/aromatic N) is 2. The molecule has 3 N–H and O–H groups in total. The zero-order valence-corrected chi connectivity index (χ0v) is 10.9. The van der Waals surface area contributed by atoms with Gasteiger partial charge in [-0.15, -0.1) is 0 Å². The number of hydrogen-bond acceptors (Lipinski definition) is 3. The molecular formula is C14H20N4. The smallest absolute Gasteiger partial charge is 0.0559 e. The fourth-order valence-electron chi connectivity index (χ4n) is 2.41. The Bertz CT molecular complexity index is 478. The van der Waals surface area contributed by atoms with Gasteiger partial charge in [-0.3, -0.25) is 16.0 Å². The molecule has 1 aromatic heterocycles. The molecule has 4 nitrogen and oxygen atoms in total. The highest BCUT2D eigenvalue weighted by Gasteiger charge is 2.23. The van der Waals surface area contributed by atoms with E-state index < -0.39 is 0 Å². The molecule has 96 valence electrons. The predicted molar refractivity (Wildman–Crippen MR) is 72.7 cm³/mol. The van der Waals surface area contributed by atoms with E-state index in [1.54, 1.807) is 4.68 Å². The average Bonchev–Trinajstić information content (AvgIpc) is 2.83. The third-order valence-corrected chi connectivity index (χ3v) is 3.33. The molecule has 0 aliphatic heterocycles. The summed E-state index contributed by atoms with van der Waals surface area (Å²) in [4.78, 5) is 0. The van der Waals surface area contributed by atoms with Crippen molar-refractivity contribution in [3.8, 4) is 0 Å². The molecule has 0 radical (unpaired) electrons. The summed E-state index contributed by atoms with van der Waals surface area (Å²) in [7, 11) is 1.92. The highest BCUT2D eigenvalue weighted by molar-refractivity contribution is 5.25. The molecule has 0 aliphatic rings. The lowest BCUT2D eigenvalue weighted by molar-refractivity contribution is 0.445. The van der Waals surface area contributed by atoms with E-state index in [1.165, 1.54) is 5.56 Å². The first-order valence-electron chi connectivity index (χ1n) is 6.26. The minimum atomic E-state index is 0.0890. The SMILES string of the molecule is CCC(c1ccccc1)C(NN)c1cnn(C)c1. The maximum atomic E-state index is 5.74. The summed E-state index contributed by atoms with van der Waals surface area (Å²) in [6.45, 7) is 2.18. The number of rotatable bonds is 5. The second kappa shape index (κ2) is 5.80. The van der Waals surface area contributed by atoms with Gasteiger partial charge < -0.3 is 0 Å². The number of nitrogens with one attached hydrogen (secondary N) is 1. The number of benzene rings is 1. The van der Waals surface area contributed by atoms with Crippen LogP contribution in [0.1, 0.15) is 36.4 Å². The zero-order chi connectivity index (χ0) is 13.0. The van der Waals surface area contributed by atoms with Crippen LogP contribution in [-0.2, 0) is 7.05 Å². The molecule has 2 rings (SSSR count). The lowest BCUT2D eigenvalue weighted by Gasteiger charge is -2.25. The first-order valence-corrected chi connectivity index (χ1v) is 6.26. The molecule has 2 unspecified atom stereocenters.